The average molecular weight is 388 g/mol. The van der Waals surface area contributed by atoms with Crippen LogP contribution in [0.15, 0.2) is 18.2 Å². The normalized spacial score (nSPS) is 10.8. The summed E-state index contributed by atoms with van der Waals surface area (Å²) >= 11 is 0. The summed E-state index contributed by atoms with van der Waals surface area (Å²) in [6.45, 7) is 14.1. The Labute approximate surface area is 159 Å². The molecule has 0 radical (unpaired) electrons. The van der Waals surface area contributed by atoms with E-state index in [1.54, 1.807) is 0 Å². The van der Waals surface area contributed by atoms with Crippen LogP contribution in [0.5, 0.6) is 5.75 Å². The second-order valence-electron chi connectivity index (χ2n) is 8.18. The molecule has 0 bridgehead atoms. The quantitative estimate of drug-likeness (QED) is 0.453. The molecule has 0 aromatic heterocycles. The third kappa shape index (κ3) is 10.7. The third-order valence-electron chi connectivity index (χ3n) is 2.94. The third-order valence-corrected chi connectivity index (χ3v) is 4.69. The number of benzene rings is 1. The van der Waals surface area contributed by atoms with Gasteiger partial charge in [-0.1, -0.05) is 51.1 Å². The molecule has 1 aromatic rings. The number of nitrogens with one attached hydrogen (secondary N) is 1. The molecule has 0 aliphatic rings. The maximum Gasteiger partial charge on any atom is 0.404 e. The Morgan fingerprint density at radius 1 is 1.00 bits per heavy atom. The number of carboxylic acid groups (broad SMARTS) is 1. The lowest BCUT2D eigenvalue weighted by atomic mass is 10.1. The molecule has 0 atom stereocenters. The summed E-state index contributed by atoms with van der Waals surface area (Å²) in [7, 11) is -2.93. The molecule has 1 amide bonds. The first-order valence-corrected chi connectivity index (χ1v) is 15.8. The van der Waals surface area contributed by atoms with E-state index in [0.717, 1.165) is 16.9 Å². The first-order valence-electron chi connectivity index (χ1n) is 8.76. The van der Waals surface area contributed by atoms with E-state index in [9.17, 15) is 4.79 Å². The molecule has 0 aliphatic heterocycles. The highest BCUT2D eigenvalue weighted by Gasteiger charge is 2.09. The van der Waals surface area contributed by atoms with Crippen molar-refractivity contribution in [2.24, 2.45) is 0 Å². The molecule has 1 aromatic carbocycles. The lowest BCUT2D eigenvalue weighted by molar-refractivity contribution is 0.193. The van der Waals surface area contributed by atoms with Crippen LogP contribution in [0.2, 0.25) is 39.3 Å². The van der Waals surface area contributed by atoms with E-state index in [4.69, 9.17) is 9.84 Å². The minimum absolute atomic E-state index is 0.368. The molecular weight excluding hydrogens is 358 g/mol. The summed E-state index contributed by atoms with van der Waals surface area (Å²) in [6, 6.07) is 5.87. The van der Waals surface area contributed by atoms with Crippen LogP contribution in [0.3, 0.4) is 0 Å². The summed E-state index contributed by atoms with van der Waals surface area (Å²) in [5.74, 6) is 7.25. The van der Waals surface area contributed by atoms with Crippen molar-refractivity contribution in [3.05, 3.63) is 29.3 Å². The predicted molar refractivity (Wildman–Crippen MR) is 113 cm³/mol. The summed E-state index contributed by atoms with van der Waals surface area (Å²) < 4.78 is 5.79. The van der Waals surface area contributed by atoms with Crippen LogP contribution in [0.4, 0.5) is 4.79 Å². The highest BCUT2D eigenvalue weighted by Crippen LogP contribution is 2.17. The minimum Gasteiger partial charge on any atom is -0.493 e. The van der Waals surface area contributed by atoms with Gasteiger partial charge in [0, 0.05) is 17.7 Å². The standard InChI is InChI=1S/C20H29NO3Si2/c1-25(2,3)12-8-17-14-18(9-13-26(4,5)6)16-19(15-17)24-11-7-10-21-20(22)23/h14-16,21H,7,10-11H2,1-6H3,(H,22,23). The molecule has 0 heterocycles. The molecule has 0 saturated carbocycles. The van der Waals surface area contributed by atoms with Gasteiger partial charge in [-0.05, 0) is 24.6 Å². The molecule has 0 spiro atoms. The van der Waals surface area contributed by atoms with E-state index >= 15 is 0 Å². The van der Waals surface area contributed by atoms with E-state index in [0.29, 0.717) is 19.6 Å². The van der Waals surface area contributed by atoms with Crippen molar-refractivity contribution in [1.82, 2.24) is 5.32 Å². The molecule has 26 heavy (non-hydrogen) atoms. The highest BCUT2D eigenvalue weighted by molar-refractivity contribution is 6.84. The van der Waals surface area contributed by atoms with E-state index in [1.807, 2.05) is 18.2 Å². The summed E-state index contributed by atoms with van der Waals surface area (Å²) in [5, 5.41) is 10.9. The lowest BCUT2D eigenvalue weighted by Crippen LogP contribution is -2.23. The molecular formula is C20H29NO3Si2. The molecule has 2 N–H and O–H groups in total. The Hall–Kier alpha value is -2.16. The van der Waals surface area contributed by atoms with Crippen molar-refractivity contribution in [3.63, 3.8) is 0 Å². The summed E-state index contributed by atoms with van der Waals surface area (Å²) in [5.41, 5.74) is 8.57. The van der Waals surface area contributed by atoms with Crippen LogP contribution in [-0.4, -0.2) is 40.5 Å². The summed E-state index contributed by atoms with van der Waals surface area (Å²) in [4.78, 5) is 10.5. The first-order chi connectivity index (χ1) is 11.9. The van der Waals surface area contributed by atoms with Crippen molar-refractivity contribution < 1.29 is 14.6 Å². The van der Waals surface area contributed by atoms with Gasteiger partial charge in [-0.25, -0.2) is 4.79 Å². The Kier molecular flexibility index (Phi) is 8.01. The highest BCUT2D eigenvalue weighted by atomic mass is 28.3. The number of carbonyl (C=O) groups is 1. The second kappa shape index (κ2) is 9.52. The molecule has 4 nitrogen and oxygen atoms in total. The van der Waals surface area contributed by atoms with Crippen LogP contribution in [-0.2, 0) is 0 Å². The van der Waals surface area contributed by atoms with Gasteiger partial charge in [-0.2, -0.15) is 0 Å². The molecule has 0 aliphatic carbocycles. The molecule has 140 valence electrons. The van der Waals surface area contributed by atoms with Crippen molar-refractivity contribution in [3.8, 4) is 28.7 Å². The fourth-order valence-corrected chi connectivity index (χ4v) is 2.84. The number of hydrogen-bond acceptors (Lipinski definition) is 2. The largest absolute Gasteiger partial charge is 0.493 e. The maximum atomic E-state index is 10.5. The van der Waals surface area contributed by atoms with E-state index < -0.39 is 22.2 Å². The van der Waals surface area contributed by atoms with Crippen LogP contribution < -0.4 is 10.1 Å². The minimum atomic E-state index is -1.47. The van der Waals surface area contributed by atoms with Crippen LogP contribution in [0.25, 0.3) is 0 Å². The van der Waals surface area contributed by atoms with Crippen molar-refractivity contribution >= 4 is 22.2 Å². The van der Waals surface area contributed by atoms with Crippen LogP contribution >= 0.6 is 0 Å². The zero-order valence-electron chi connectivity index (χ0n) is 16.6. The second-order valence-corrected chi connectivity index (χ2v) is 17.7. The predicted octanol–water partition coefficient (Wildman–Crippen LogP) is 4.18. The van der Waals surface area contributed by atoms with Crippen molar-refractivity contribution in [2.45, 2.75) is 45.7 Å². The van der Waals surface area contributed by atoms with Gasteiger partial charge in [0.25, 0.3) is 0 Å². The zero-order chi connectivity index (χ0) is 19.8. The van der Waals surface area contributed by atoms with Gasteiger partial charge in [0.05, 0.1) is 6.61 Å². The molecule has 6 heteroatoms. The Morgan fingerprint density at radius 3 is 1.92 bits per heavy atom. The van der Waals surface area contributed by atoms with Gasteiger partial charge < -0.3 is 15.2 Å². The van der Waals surface area contributed by atoms with Crippen LogP contribution in [0.1, 0.15) is 17.5 Å². The van der Waals surface area contributed by atoms with Gasteiger partial charge in [-0.3, -0.25) is 0 Å². The van der Waals surface area contributed by atoms with Crippen LogP contribution in [0, 0.1) is 22.9 Å². The molecule has 0 unspecified atom stereocenters. The lowest BCUT2D eigenvalue weighted by Gasteiger charge is -2.09. The fraction of sp³-hybridized carbons (Fsp3) is 0.450. The monoisotopic (exact) mass is 387 g/mol. The van der Waals surface area contributed by atoms with Gasteiger partial charge in [0.2, 0.25) is 0 Å². The van der Waals surface area contributed by atoms with Gasteiger partial charge in [0.1, 0.15) is 21.9 Å². The number of rotatable bonds is 5. The zero-order valence-corrected chi connectivity index (χ0v) is 18.6. The van der Waals surface area contributed by atoms with Crippen molar-refractivity contribution in [2.75, 3.05) is 13.2 Å². The Morgan fingerprint density at radius 2 is 1.50 bits per heavy atom. The molecule has 0 saturated heterocycles. The molecule has 0 fully saturated rings. The fourth-order valence-electron chi connectivity index (χ4n) is 1.80. The summed E-state index contributed by atoms with van der Waals surface area (Å²) in [6.07, 6.45) is -0.412. The van der Waals surface area contributed by atoms with E-state index in [2.05, 4.69) is 67.5 Å². The van der Waals surface area contributed by atoms with E-state index in [-0.39, 0.29) is 0 Å². The van der Waals surface area contributed by atoms with Gasteiger partial charge in [-0.15, -0.1) is 11.1 Å². The first kappa shape index (κ1) is 21.9. The Bertz CT molecular complexity index is 703. The Balaban J connectivity index is 2.97. The number of hydrogen-bond donors (Lipinski definition) is 2. The number of ether oxygens (including phenoxy) is 1. The average Bonchev–Trinajstić information content (AvgIpc) is 2.49. The van der Waals surface area contributed by atoms with Gasteiger partial charge >= 0.3 is 6.09 Å². The van der Waals surface area contributed by atoms with Crippen molar-refractivity contribution in [1.29, 1.82) is 0 Å². The topological polar surface area (TPSA) is 58.6 Å². The van der Waals surface area contributed by atoms with Gasteiger partial charge in [0.15, 0.2) is 0 Å². The molecule has 1 rings (SSSR count). The SMILES string of the molecule is C[Si](C)(C)C#Cc1cc(C#C[Si](C)(C)C)cc(OCCCNC(=O)O)c1. The number of amides is 1. The van der Waals surface area contributed by atoms with E-state index in [1.165, 1.54) is 0 Å². The smallest absolute Gasteiger partial charge is 0.404 e. The maximum absolute atomic E-state index is 10.5.